The molecule has 1 aromatic heterocycles. The maximum absolute atomic E-state index is 12.6. The highest BCUT2D eigenvalue weighted by Gasteiger charge is 2.33. The van der Waals surface area contributed by atoms with Crippen LogP contribution in [0.25, 0.3) is 0 Å². The first kappa shape index (κ1) is 18.0. The van der Waals surface area contributed by atoms with Crippen molar-refractivity contribution >= 4 is 17.4 Å². The average molecular weight is 324 g/mol. The lowest BCUT2D eigenvalue weighted by atomic mass is 10.0. The molecule has 0 atom stereocenters. The quantitative estimate of drug-likeness (QED) is 0.530. The lowest BCUT2D eigenvalue weighted by molar-refractivity contribution is -0.141. The van der Waals surface area contributed by atoms with Crippen molar-refractivity contribution in [1.82, 2.24) is 9.97 Å². The van der Waals surface area contributed by atoms with Gasteiger partial charge in [-0.05, 0) is 23.9 Å². The van der Waals surface area contributed by atoms with E-state index in [9.17, 15) is 13.2 Å². The Kier molecular flexibility index (Phi) is 7.22. The van der Waals surface area contributed by atoms with E-state index in [2.05, 4.69) is 29.1 Å². The molecule has 1 rings (SSSR count). The number of anilines is 1. The molecule has 0 bridgehead atoms. The zero-order chi connectivity index (χ0) is 15.9. The fraction of sp³-hybridized carbons (Fsp3) is 0.714. The molecule has 0 spiro atoms. The van der Waals surface area contributed by atoms with Crippen LogP contribution in [0.1, 0.15) is 51.6 Å². The van der Waals surface area contributed by atoms with Gasteiger partial charge in [-0.15, -0.1) is 0 Å². The van der Waals surface area contributed by atoms with Crippen molar-refractivity contribution in [3.05, 3.63) is 17.0 Å². The number of aromatic nitrogens is 2. The van der Waals surface area contributed by atoms with E-state index in [-0.39, 0.29) is 5.82 Å². The molecule has 0 unspecified atom stereocenters. The Morgan fingerprint density at radius 2 is 1.81 bits per heavy atom. The van der Waals surface area contributed by atoms with Crippen LogP contribution >= 0.6 is 11.6 Å². The smallest absolute Gasteiger partial charge is 0.370 e. The van der Waals surface area contributed by atoms with E-state index >= 15 is 0 Å². The fourth-order valence-corrected chi connectivity index (χ4v) is 2.08. The summed E-state index contributed by atoms with van der Waals surface area (Å²) >= 11 is 5.50. The van der Waals surface area contributed by atoms with Gasteiger partial charge in [0.15, 0.2) is 5.69 Å². The van der Waals surface area contributed by atoms with Crippen LogP contribution in [0.15, 0.2) is 6.07 Å². The molecule has 3 nitrogen and oxygen atoms in total. The Balaban J connectivity index is 2.34. The van der Waals surface area contributed by atoms with E-state index in [1.165, 1.54) is 12.8 Å². The van der Waals surface area contributed by atoms with Gasteiger partial charge in [0, 0.05) is 12.6 Å². The van der Waals surface area contributed by atoms with Gasteiger partial charge in [-0.25, -0.2) is 9.97 Å². The fourth-order valence-electron chi connectivity index (χ4n) is 1.90. The van der Waals surface area contributed by atoms with Gasteiger partial charge in [0.1, 0.15) is 5.82 Å². The number of nitrogens with zero attached hydrogens (tertiary/aromatic N) is 2. The molecule has 21 heavy (non-hydrogen) atoms. The van der Waals surface area contributed by atoms with Crippen LogP contribution in [0.4, 0.5) is 19.0 Å². The van der Waals surface area contributed by atoms with Gasteiger partial charge in [0.2, 0.25) is 5.28 Å². The molecule has 1 N–H and O–H groups in total. The summed E-state index contributed by atoms with van der Waals surface area (Å²) < 4.78 is 37.7. The maximum atomic E-state index is 12.6. The van der Waals surface area contributed by atoms with Crippen LogP contribution in [0.3, 0.4) is 0 Å². The van der Waals surface area contributed by atoms with Gasteiger partial charge >= 0.3 is 6.18 Å². The summed E-state index contributed by atoms with van der Waals surface area (Å²) in [5.41, 5.74) is -1.03. The van der Waals surface area contributed by atoms with Crippen molar-refractivity contribution in [1.29, 1.82) is 0 Å². The Bertz CT molecular complexity index is 436. The minimum atomic E-state index is -4.51. The van der Waals surface area contributed by atoms with E-state index in [4.69, 9.17) is 11.6 Å². The van der Waals surface area contributed by atoms with Crippen LogP contribution < -0.4 is 5.32 Å². The third-order valence-electron chi connectivity index (χ3n) is 3.00. The van der Waals surface area contributed by atoms with Gasteiger partial charge in [-0.3, -0.25) is 0 Å². The van der Waals surface area contributed by atoms with Crippen molar-refractivity contribution in [2.75, 3.05) is 11.9 Å². The van der Waals surface area contributed by atoms with Gasteiger partial charge in [-0.2, -0.15) is 13.2 Å². The SMILES string of the molecule is CC(C)CCCCCCNc1cc(C(F)(F)F)nc(Cl)n1. The van der Waals surface area contributed by atoms with Crippen LogP contribution in [0, 0.1) is 5.92 Å². The molecular formula is C14H21ClF3N3. The monoisotopic (exact) mass is 323 g/mol. The lowest BCUT2D eigenvalue weighted by Crippen LogP contribution is -2.11. The summed E-state index contributed by atoms with van der Waals surface area (Å²) in [5, 5.41) is 2.46. The molecule has 0 aliphatic carbocycles. The molecule has 7 heteroatoms. The summed E-state index contributed by atoms with van der Waals surface area (Å²) in [5.74, 6) is 0.830. The molecular weight excluding hydrogens is 303 g/mol. The first-order valence-corrected chi connectivity index (χ1v) is 7.52. The average Bonchev–Trinajstić information content (AvgIpc) is 2.35. The zero-order valence-corrected chi connectivity index (χ0v) is 13.1. The molecule has 0 fully saturated rings. The number of halogens is 4. The van der Waals surface area contributed by atoms with Crippen LogP contribution in [-0.4, -0.2) is 16.5 Å². The molecule has 0 aromatic carbocycles. The summed E-state index contributed by atoms with van der Waals surface area (Å²) in [7, 11) is 0. The van der Waals surface area contributed by atoms with Crippen LogP contribution in [-0.2, 0) is 6.18 Å². The molecule has 0 amide bonds. The lowest BCUT2D eigenvalue weighted by Gasteiger charge is -2.10. The molecule has 0 saturated heterocycles. The Morgan fingerprint density at radius 3 is 2.43 bits per heavy atom. The number of unbranched alkanes of at least 4 members (excludes halogenated alkanes) is 3. The minimum absolute atomic E-state index is 0.115. The van der Waals surface area contributed by atoms with E-state index in [0.29, 0.717) is 12.5 Å². The Morgan fingerprint density at radius 1 is 1.14 bits per heavy atom. The van der Waals surface area contributed by atoms with Crippen molar-refractivity contribution in [2.45, 2.75) is 52.1 Å². The maximum Gasteiger partial charge on any atom is 0.433 e. The van der Waals surface area contributed by atoms with Crippen molar-refractivity contribution < 1.29 is 13.2 Å². The topological polar surface area (TPSA) is 37.8 Å². The molecule has 1 aromatic rings. The van der Waals surface area contributed by atoms with Gasteiger partial charge in [0.25, 0.3) is 0 Å². The number of alkyl halides is 3. The number of hydrogen-bond donors (Lipinski definition) is 1. The van der Waals surface area contributed by atoms with Crippen LogP contribution in [0.2, 0.25) is 5.28 Å². The number of nitrogens with one attached hydrogen (secondary N) is 1. The van der Waals surface area contributed by atoms with E-state index in [1.54, 1.807) is 0 Å². The second-order valence-electron chi connectivity index (χ2n) is 5.43. The predicted octanol–water partition coefficient (Wildman–Crippen LogP) is 5.17. The second kappa shape index (κ2) is 8.41. The number of rotatable bonds is 8. The third-order valence-corrected chi connectivity index (χ3v) is 3.17. The predicted molar refractivity (Wildman–Crippen MR) is 78.5 cm³/mol. The van der Waals surface area contributed by atoms with E-state index in [1.807, 2.05) is 0 Å². The summed E-state index contributed by atoms with van der Waals surface area (Å²) in [6.07, 6.45) is 0.961. The third kappa shape index (κ3) is 7.50. The highest BCUT2D eigenvalue weighted by atomic mass is 35.5. The minimum Gasteiger partial charge on any atom is -0.370 e. The summed E-state index contributed by atoms with van der Waals surface area (Å²) in [4.78, 5) is 6.93. The van der Waals surface area contributed by atoms with Crippen molar-refractivity contribution in [2.24, 2.45) is 5.92 Å². The van der Waals surface area contributed by atoms with E-state index in [0.717, 1.165) is 25.3 Å². The van der Waals surface area contributed by atoms with Gasteiger partial charge in [0.05, 0.1) is 0 Å². The highest BCUT2D eigenvalue weighted by molar-refractivity contribution is 6.28. The Hall–Kier alpha value is -1.04. The molecule has 0 aliphatic rings. The van der Waals surface area contributed by atoms with E-state index < -0.39 is 17.2 Å². The summed E-state index contributed by atoms with van der Waals surface area (Å²) in [6.45, 7) is 4.96. The standard InChI is InChI=1S/C14H21ClF3N3/c1-10(2)7-5-3-4-6-8-19-12-9-11(14(16,17)18)20-13(15)21-12/h9-10H,3-8H2,1-2H3,(H,19,20,21). The first-order chi connectivity index (χ1) is 9.79. The first-order valence-electron chi connectivity index (χ1n) is 7.14. The Labute approximate surface area is 128 Å². The summed E-state index contributed by atoms with van der Waals surface area (Å²) in [6, 6.07) is 0.880. The highest BCUT2D eigenvalue weighted by Crippen LogP contribution is 2.29. The molecule has 0 aliphatic heterocycles. The second-order valence-corrected chi connectivity index (χ2v) is 5.77. The normalized spacial score (nSPS) is 12.0. The zero-order valence-electron chi connectivity index (χ0n) is 12.3. The van der Waals surface area contributed by atoms with Gasteiger partial charge in [-0.1, -0.05) is 39.5 Å². The largest absolute Gasteiger partial charge is 0.433 e. The van der Waals surface area contributed by atoms with Crippen LogP contribution in [0.5, 0.6) is 0 Å². The van der Waals surface area contributed by atoms with Gasteiger partial charge < -0.3 is 5.32 Å². The van der Waals surface area contributed by atoms with Crippen molar-refractivity contribution in [3.63, 3.8) is 0 Å². The van der Waals surface area contributed by atoms with Crippen molar-refractivity contribution in [3.8, 4) is 0 Å². The molecule has 120 valence electrons. The molecule has 0 saturated carbocycles. The molecule has 0 radical (unpaired) electrons. The molecule has 1 heterocycles. The number of hydrogen-bond acceptors (Lipinski definition) is 3.